The van der Waals surface area contributed by atoms with Crippen LogP contribution in [0.3, 0.4) is 0 Å². The van der Waals surface area contributed by atoms with Gasteiger partial charge in [-0.1, -0.05) is 6.92 Å². The van der Waals surface area contributed by atoms with Gasteiger partial charge in [-0.25, -0.2) is 4.98 Å². The number of alkyl halides is 3. The zero-order valence-corrected chi connectivity index (χ0v) is 10.4. The number of aromatic nitrogens is 3. The summed E-state index contributed by atoms with van der Waals surface area (Å²) in [6.07, 6.45) is -2.82. The Morgan fingerprint density at radius 2 is 2.21 bits per heavy atom. The number of nitrogens with one attached hydrogen (secondary N) is 2. The monoisotopic (exact) mass is 280 g/mol. The summed E-state index contributed by atoms with van der Waals surface area (Å²) < 4.78 is 39.6. The van der Waals surface area contributed by atoms with E-state index in [1.165, 1.54) is 0 Å². The predicted molar refractivity (Wildman–Crippen MR) is 59.6 cm³/mol. The van der Waals surface area contributed by atoms with Crippen molar-refractivity contribution in [1.29, 1.82) is 0 Å². The minimum absolute atomic E-state index is 0.0285. The highest BCUT2D eigenvalue weighted by atomic mass is 19.4. The van der Waals surface area contributed by atoms with E-state index < -0.39 is 18.7 Å². The smallest absolute Gasteiger partial charge is 0.370 e. The molecule has 1 amide bonds. The van der Waals surface area contributed by atoms with Gasteiger partial charge in [-0.15, -0.1) is 5.10 Å². The van der Waals surface area contributed by atoms with Crippen LogP contribution in [-0.2, 0) is 11.2 Å². The summed E-state index contributed by atoms with van der Waals surface area (Å²) in [5, 5.41) is 8.68. The van der Waals surface area contributed by atoms with Crippen LogP contribution in [0.2, 0.25) is 0 Å². The van der Waals surface area contributed by atoms with E-state index in [0.717, 1.165) is 6.42 Å². The summed E-state index contributed by atoms with van der Waals surface area (Å²) in [7, 11) is 0. The summed E-state index contributed by atoms with van der Waals surface area (Å²) in [5.74, 6) is 0.0226. The van der Waals surface area contributed by atoms with Crippen LogP contribution >= 0.6 is 0 Å². The van der Waals surface area contributed by atoms with E-state index in [1.807, 2.05) is 6.92 Å². The molecular formula is C10H15F3N4O2. The number of amides is 1. The van der Waals surface area contributed by atoms with Crippen LogP contribution < -0.4 is 5.32 Å². The first kappa shape index (κ1) is 15.4. The second-order valence-corrected chi connectivity index (χ2v) is 3.78. The molecule has 0 aromatic carbocycles. The summed E-state index contributed by atoms with van der Waals surface area (Å²) >= 11 is 0. The molecule has 1 rings (SSSR count). The fourth-order valence-corrected chi connectivity index (χ4v) is 1.25. The van der Waals surface area contributed by atoms with Crippen molar-refractivity contribution in [2.75, 3.05) is 19.8 Å². The molecule has 0 saturated heterocycles. The second-order valence-electron chi connectivity index (χ2n) is 3.78. The average Bonchev–Trinajstić information content (AvgIpc) is 2.76. The third-order valence-corrected chi connectivity index (χ3v) is 2.02. The maximum atomic E-state index is 11.7. The van der Waals surface area contributed by atoms with Gasteiger partial charge in [0, 0.05) is 13.0 Å². The van der Waals surface area contributed by atoms with E-state index in [9.17, 15) is 18.0 Å². The van der Waals surface area contributed by atoms with Gasteiger partial charge in [0.15, 0.2) is 0 Å². The fraction of sp³-hybridized carbons (Fsp3) is 0.700. The van der Waals surface area contributed by atoms with Crippen LogP contribution in [0.4, 0.5) is 13.2 Å². The van der Waals surface area contributed by atoms with Crippen molar-refractivity contribution in [3.63, 3.8) is 0 Å². The Bertz CT molecular complexity index is 406. The molecule has 19 heavy (non-hydrogen) atoms. The van der Waals surface area contributed by atoms with Gasteiger partial charge >= 0.3 is 6.18 Å². The maximum Gasteiger partial charge on any atom is 0.411 e. The second kappa shape index (κ2) is 7.07. The summed E-state index contributed by atoms with van der Waals surface area (Å²) in [6, 6.07) is 0. The number of H-pyrrole nitrogens is 1. The van der Waals surface area contributed by atoms with Crippen LogP contribution in [0.5, 0.6) is 0 Å². The van der Waals surface area contributed by atoms with Crippen molar-refractivity contribution >= 4 is 5.91 Å². The Hall–Kier alpha value is -1.64. The quantitative estimate of drug-likeness (QED) is 0.732. The lowest BCUT2D eigenvalue weighted by atomic mass is 10.3. The minimum atomic E-state index is -4.36. The highest BCUT2D eigenvalue weighted by Gasteiger charge is 2.27. The molecule has 1 aromatic rings. The number of aromatic amines is 1. The molecule has 0 fully saturated rings. The normalized spacial score (nSPS) is 11.6. The van der Waals surface area contributed by atoms with Crippen molar-refractivity contribution in [1.82, 2.24) is 20.5 Å². The molecule has 0 atom stereocenters. The first-order valence-corrected chi connectivity index (χ1v) is 5.76. The largest absolute Gasteiger partial charge is 0.411 e. The molecule has 2 N–H and O–H groups in total. The average molecular weight is 280 g/mol. The van der Waals surface area contributed by atoms with E-state index in [1.54, 1.807) is 0 Å². The Labute approximate surface area is 107 Å². The van der Waals surface area contributed by atoms with Gasteiger partial charge < -0.3 is 10.1 Å². The Morgan fingerprint density at radius 1 is 1.47 bits per heavy atom. The molecule has 1 heterocycles. The Balaban J connectivity index is 2.23. The number of hydrogen-bond donors (Lipinski definition) is 2. The maximum absolute atomic E-state index is 11.7. The van der Waals surface area contributed by atoms with Crippen molar-refractivity contribution < 1.29 is 22.7 Å². The van der Waals surface area contributed by atoms with Crippen molar-refractivity contribution in [2.24, 2.45) is 0 Å². The number of carbonyl (C=O) groups is 1. The lowest BCUT2D eigenvalue weighted by molar-refractivity contribution is -0.173. The van der Waals surface area contributed by atoms with Gasteiger partial charge in [-0.3, -0.25) is 9.89 Å². The van der Waals surface area contributed by atoms with E-state index in [-0.39, 0.29) is 19.0 Å². The molecule has 0 radical (unpaired) electrons. The summed E-state index contributed by atoms with van der Waals surface area (Å²) in [4.78, 5) is 15.4. The van der Waals surface area contributed by atoms with Gasteiger partial charge in [0.25, 0.3) is 5.91 Å². The van der Waals surface area contributed by atoms with Crippen molar-refractivity contribution in [2.45, 2.75) is 25.9 Å². The fourth-order valence-electron chi connectivity index (χ4n) is 1.25. The number of carbonyl (C=O) groups excluding carboxylic acids is 1. The molecule has 1 aromatic heterocycles. The molecule has 0 spiro atoms. The van der Waals surface area contributed by atoms with Crippen LogP contribution in [0.1, 0.15) is 29.8 Å². The predicted octanol–water partition coefficient (Wildman–Crippen LogP) is 1.07. The number of halogens is 3. The van der Waals surface area contributed by atoms with Crippen LogP contribution in [-0.4, -0.2) is 47.0 Å². The third-order valence-electron chi connectivity index (χ3n) is 2.02. The van der Waals surface area contributed by atoms with Gasteiger partial charge in [0.1, 0.15) is 12.4 Å². The highest BCUT2D eigenvalue weighted by Crippen LogP contribution is 2.13. The van der Waals surface area contributed by atoms with Gasteiger partial charge in [0.2, 0.25) is 5.82 Å². The lowest BCUT2D eigenvalue weighted by Gasteiger charge is -2.07. The molecular weight excluding hydrogens is 265 g/mol. The molecule has 9 heteroatoms. The first-order valence-electron chi connectivity index (χ1n) is 5.76. The van der Waals surface area contributed by atoms with Gasteiger partial charge in [0.05, 0.1) is 6.61 Å². The topological polar surface area (TPSA) is 79.9 Å². The number of hydrogen-bond acceptors (Lipinski definition) is 4. The molecule has 0 saturated carbocycles. The molecule has 108 valence electrons. The molecule has 0 aliphatic heterocycles. The third kappa shape index (κ3) is 6.18. The number of nitrogens with zero attached hydrogens (tertiary/aromatic N) is 2. The van der Waals surface area contributed by atoms with E-state index in [2.05, 4.69) is 25.2 Å². The molecule has 0 aliphatic rings. The first-order chi connectivity index (χ1) is 8.92. The Kier molecular flexibility index (Phi) is 5.74. The van der Waals surface area contributed by atoms with Gasteiger partial charge in [-0.05, 0) is 6.42 Å². The van der Waals surface area contributed by atoms with E-state index >= 15 is 0 Å². The molecule has 0 unspecified atom stereocenters. The summed E-state index contributed by atoms with van der Waals surface area (Å²) in [6.45, 7) is 0.370. The number of rotatable bonds is 7. The van der Waals surface area contributed by atoms with Crippen molar-refractivity contribution in [3.8, 4) is 0 Å². The lowest BCUT2D eigenvalue weighted by Crippen LogP contribution is -2.29. The highest BCUT2D eigenvalue weighted by molar-refractivity contribution is 5.90. The Morgan fingerprint density at radius 3 is 2.84 bits per heavy atom. The standard InChI is InChI=1S/C10H15F3N4O2/c1-2-3-7-15-8(17-16-7)9(18)14-4-5-19-6-10(11,12)13/h2-6H2,1H3,(H,14,18)(H,15,16,17). The minimum Gasteiger partial charge on any atom is -0.370 e. The zero-order valence-electron chi connectivity index (χ0n) is 10.4. The van der Waals surface area contributed by atoms with Crippen LogP contribution in [0.15, 0.2) is 0 Å². The molecule has 0 aliphatic carbocycles. The molecule has 0 bridgehead atoms. The number of aryl methyl sites for hydroxylation is 1. The van der Waals surface area contributed by atoms with Crippen molar-refractivity contribution in [3.05, 3.63) is 11.6 Å². The van der Waals surface area contributed by atoms with E-state index in [4.69, 9.17) is 0 Å². The van der Waals surface area contributed by atoms with Crippen LogP contribution in [0, 0.1) is 0 Å². The SMILES string of the molecule is CCCc1nc(C(=O)NCCOCC(F)(F)F)n[nH]1. The van der Waals surface area contributed by atoms with Crippen LogP contribution in [0.25, 0.3) is 0 Å². The summed E-state index contributed by atoms with van der Waals surface area (Å²) in [5.41, 5.74) is 0. The molecule has 6 nitrogen and oxygen atoms in total. The zero-order chi connectivity index (χ0) is 14.3. The van der Waals surface area contributed by atoms with E-state index in [0.29, 0.717) is 12.2 Å². The van der Waals surface area contributed by atoms with Gasteiger partial charge in [-0.2, -0.15) is 13.2 Å². The number of ether oxygens (including phenoxy) is 1.